The van der Waals surface area contributed by atoms with E-state index in [9.17, 15) is 10.2 Å². The van der Waals surface area contributed by atoms with Gasteiger partial charge in [-0.05, 0) is 37.0 Å². The van der Waals surface area contributed by atoms with Crippen LogP contribution in [0.4, 0.5) is 0 Å². The third-order valence-electron chi connectivity index (χ3n) is 2.94. The smallest absolute Gasteiger partial charge is 0.115 e. The fraction of sp³-hybridized carbons (Fsp3) is 0.375. The maximum absolute atomic E-state index is 9.67. The van der Waals surface area contributed by atoms with Crippen molar-refractivity contribution in [2.24, 2.45) is 0 Å². The van der Waals surface area contributed by atoms with E-state index in [4.69, 9.17) is 5.11 Å². The van der Waals surface area contributed by atoms with Gasteiger partial charge in [-0.3, -0.25) is 0 Å². The van der Waals surface area contributed by atoms with Gasteiger partial charge in [0.25, 0.3) is 0 Å². The number of aliphatic hydroxyl groups excluding tert-OH is 2. The molecule has 3 heteroatoms. The van der Waals surface area contributed by atoms with E-state index < -0.39 is 6.10 Å². The number of benzene rings is 1. The zero-order chi connectivity index (χ0) is 14.1. The zero-order valence-corrected chi connectivity index (χ0v) is 11.3. The van der Waals surface area contributed by atoms with E-state index in [2.05, 4.69) is 13.0 Å². The highest BCUT2D eigenvalue weighted by Gasteiger charge is 2.02. The van der Waals surface area contributed by atoms with Crippen molar-refractivity contribution in [3.05, 3.63) is 47.6 Å². The van der Waals surface area contributed by atoms with Gasteiger partial charge < -0.3 is 15.3 Å². The second kappa shape index (κ2) is 8.51. The molecule has 3 nitrogen and oxygen atoms in total. The Morgan fingerprint density at radius 3 is 2.53 bits per heavy atom. The Kier molecular flexibility index (Phi) is 6.93. The molecule has 0 aromatic heterocycles. The lowest BCUT2D eigenvalue weighted by atomic mass is 10.0. The van der Waals surface area contributed by atoms with Gasteiger partial charge in [0.15, 0.2) is 0 Å². The summed E-state index contributed by atoms with van der Waals surface area (Å²) in [4.78, 5) is 0. The lowest BCUT2D eigenvalue weighted by Crippen LogP contribution is -2.02. The van der Waals surface area contributed by atoms with Crippen molar-refractivity contribution in [2.45, 2.75) is 32.3 Å². The van der Waals surface area contributed by atoms with Crippen molar-refractivity contribution in [2.75, 3.05) is 6.61 Å². The molecule has 0 fully saturated rings. The normalized spacial score (nSPS) is 13.9. The Hall–Kier alpha value is -1.58. The first-order chi connectivity index (χ1) is 9.15. The van der Waals surface area contributed by atoms with Crippen molar-refractivity contribution < 1.29 is 15.3 Å². The number of allylic oxidation sites excluding steroid dienone is 1. The van der Waals surface area contributed by atoms with Gasteiger partial charge in [-0.1, -0.05) is 42.9 Å². The molecule has 0 aliphatic rings. The molecule has 0 saturated heterocycles. The minimum absolute atomic E-state index is 0.0406. The summed E-state index contributed by atoms with van der Waals surface area (Å²) in [6, 6.07) is 7.07. The van der Waals surface area contributed by atoms with E-state index in [0.717, 1.165) is 18.4 Å². The lowest BCUT2D eigenvalue weighted by molar-refractivity contribution is 0.211. The Morgan fingerprint density at radius 2 is 1.95 bits per heavy atom. The largest absolute Gasteiger partial charge is 0.508 e. The Balaban J connectivity index is 2.57. The zero-order valence-electron chi connectivity index (χ0n) is 11.3. The van der Waals surface area contributed by atoms with E-state index in [1.54, 1.807) is 24.3 Å². The highest BCUT2D eigenvalue weighted by atomic mass is 16.3. The monoisotopic (exact) mass is 262 g/mol. The number of hydrogen-bond acceptors (Lipinski definition) is 3. The van der Waals surface area contributed by atoms with Crippen molar-refractivity contribution in [3.8, 4) is 5.75 Å². The minimum atomic E-state index is -0.512. The maximum atomic E-state index is 9.67. The number of phenols is 1. The van der Waals surface area contributed by atoms with E-state index in [-0.39, 0.29) is 12.4 Å². The quantitative estimate of drug-likeness (QED) is 0.662. The van der Waals surface area contributed by atoms with Gasteiger partial charge in [-0.2, -0.15) is 0 Å². The number of aromatic hydroxyl groups is 1. The Labute approximate surface area is 114 Å². The van der Waals surface area contributed by atoms with E-state index in [0.29, 0.717) is 6.42 Å². The molecule has 1 atom stereocenters. The fourth-order valence-electron chi connectivity index (χ4n) is 1.80. The molecule has 0 spiro atoms. The number of aliphatic hydroxyl groups is 2. The fourth-order valence-corrected chi connectivity index (χ4v) is 1.80. The molecule has 0 unspecified atom stereocenters. The number of rotatable bonds is 7. The van der Waals surface area contributed by atoms with Crippen LogP contribution in [0.15, 0.2) is 42.0 Å². The summed E-state index contributed by atoms with van der Waals surface area (Å²) in [7, 11) is 0. The molecule has 19 heavy (non-hydrogen) atoms. The average molecular weight is 262 g/mol. The van der Waals surface area contributed by atoms with Gasteiger partial charge in [0.1, 0.15) is 5.75 Å². The second-order valence-electron chi connectivity index (χ2n) is 4.46. The standard InChI is InChI=1S/C16H22O3/c1-2-13(5-8-15(18)4-3-11-17)12-14-6-9-16(19)10-7-14/h3-4,6-7,9-10,12,15,17-19H,2,5,8,11H2,1H3/b4-3-,13-12+/t15-/m0/s1. The molecule has 1 aromatic rings. The predicted octanol–water partition coefficient (Wildman–Crippen LogP) is 2.88. The molecule has 0 bridgehead atoms. The van der Waals surface area contributed by atoms with Crippen LogP contribution in [0.1, 0.15) is 31.7 Å². The molecule has 3 N–H and O–H groups in total. The highest BCUT2D eigenvalue weighted by Crippen LogP contribution is 2.18. The van der Waals surface area contributed by atoms with Gasteiger partial charge in [0.05, 0.1) is 12.7 Å². The van der Waals surface area contributed by atoms with Crippen LogP contribution in [0.2, 0.25) is 0 Å². The predicted molar refractivity (Wildman–Crippen MR) is 77.8 cm³/mol. The molecule has 0 amide bonds. The summed E-state index contributed by atoms with van der Waals surface area (Å²) < 4.78 is 0. The first-order valence-corrected chi connectivity index (χ1v) is 6.59. The molecular weight excluding hydrogens is 240 g/mol. The van der Waals surface area contributed by atoms with Crippen molar-refractivity contribution >= 4 is 6.08 Å². The summed E-state index contributed by atoms with van der Waals surface area (Å²) in [6.45, 7) is 2.04. The molecule has 0 aliphatic heterocycles. The summed E-state index contributed by atoms with van der Waals surface area (Å²) in [6.07, 6.45) is 7.14. The summed E-state index contributed by atoms with van der Waals surface area (Å²) >= 11 is 0. The first-order valence-electron chi connectivity index (χ1n) is 6.59. The van der Waals surface area contributed by atoms with Crippen molar-refractivity contribution in [1.82, 2.24) is 0 Å². The molecule has 0 saturated carbocycles. The SMILES string of the molecule is CC/C(=C\c1ccc(O)cc1)CC[C@@H](O)/C=C\CO. The third-order valence-corrected chi connectivity index (χ3v) is 2.94. The first kappa shape index (κ1) is 15.5. The number of phenolic OH excluding ortho intramolecular Hbond substituents is 1. The van der Waals surface area contributed by atoms with Crippen LogP contribution in [-0.2, 0) is 0 Å². The minimum Gasteiger partial charge on any atom is -0.508 e. The third kappa shape index (κ3) is 6.22. The molecule has 0 radical (unpaired) electrons. The van der Waals surface area contributed by atoms with Gasteiger partial charge in [0.2, 0.25) is 0 Å². The maximum Gasteiger partial charge on any atom is 0.115 e. The Bertz CT molecular complexity index is 418. The molecule has 1 aromatic carbocycles. The van der Waals surface area contributed by atoms with Crippen LogP contribution in [0.3, 0.4) is 0 Å². The van der Waals surface area contributed by atoms with Gasteiger partial charge in [-0.25, -0.2) is 0 Å². The topological polar surface area (TPSA) is 60.7 Å². The summed E-state index contributed by atoms with van der Waals surface area (Å²) in [5.41, 5.74) is 2.30. The van der Waals surface area contributed by atoms with Crippen LogP contribution < -0.4 is 0 Å². The summed E-state index contributed by atoms with van der Waals surface area (Å²) in [5.74, 6) is 0.264. The Morgan fingerprint density at radius 1 is 1.26 bits per heavy atom. The number of hydrogen-bond donors (Lipinski definition) is 3. The van der Waals surface area contributed by atoms with Crippen LogP contribution in [-0.4, -0.2) is 28.0 Å². The van der Waals surface area contributed by atoms with Crippen LogP contribution in [0, 0.1) is 0 Å². The highest BCUT2D eigenvalue weighted by molar-refractivity contribution is 5.53. The van der Waals surface area contributed by atoms with Crippen molar-refractivity contribution in [3.63, 3.8) is 0 Å². The van der Waals surface area contributed by atoms with E-state index in [1.165, 1.54) is 5.57 Å². The summed E-state index contributed by atoms with van der Waals surface area (Å²) in [5, 5.41) is 27.5. The second-order valence-corrected chi connectivity index (χ2v) is 4.46. The molecule has 1 rings (SSSR count). The van der Waals surface area contributed by atoms with E-state index >= 15 is 0 Å². The average Bonchev–Trinajstić information content (AvgIpc) is 2.43. The molecular formula is C16H22O3. The molecule has 0 aliphatic carbocycles. The van der Waals surface area contributed by atoms with Gasteiger partial charge in [0, 0.05) is 0 Å². The van der Waals surface area contributed by atoms with E-state index in [1.807, 2.05) is 12.1 Å². The lowest BCUT2D eigenvalue weighted by Gasteiger charge is -2.08. The van der Waals surface area contributed by atoms with Gasteiger partial charge in [-0.15, -0.1) is 0 Å². The molecule has 0 heterocycles. The van der Waals surface area contributed by atoms with Gasteiger partial charge >= 0.3 is 0 Å². The van der Waals surface area contributed by atoms with Crippen LogP contribution in [0.5, 0.6) is 5.75 Å². The van der Waals surface area contributed by atoms with Crippen molar-refractivity contribution in [1.29, 1.82) is 0 Å². The van der Waals surface area contributed by atoms with Crippen LogP contribution >= 0.6 is 0 Å². The van der Waals surface area contributed by atoms with Crippen LogP contribution in [0.25, 0.3) is 6.08 Å². The molecule has 104 valence electrons.